The smallest absolute Gasteiger partial charge is 0.123 e. The third-order valence-corrected chi connectivity index (χ3v) is 20.8. The number of rotatable bonds is 3. The Balaban J connectivity index is 0.000000159. The Morgan fingerprint density at radius 1 is 0.408 bits per heavy atom. The standard InChI is InChI=1S/C12H20.C11H18.C8H7N.C8H10.C8H16.C7H7F.2C7H14.C6H12/c1-2-12-10-4-8-3-9(6-10)7-11(12)5-8;1-7-10-3-8-2-9(5-10)6-11(7)4-8;1-7-3-2-4-8(5-7)6-9;1-7-4-3-5-8(2)6-7;1-2-8-6-4-3-5-7-8;1-6-2-4-7(8)5-3-6;1-7-5-3-2-4-6-7;1-2-7-5-3-4-6-7;1-6-4-2-3-5-6/h8-12H,2-7H2,1H3;7-11H,2-6H2,1H3;2-5H,1H3;3-6H,1-2H3;8H,2-7H2,1H3;2-5H,1H3;2*7H,2-6H2,1H3;6H,2-5H2,1H3. The minimum atomic E-state index is -0.171. The molecule has 2 heteroatoms. The number of nitriles is 1. The first-order valence-electron chi connectivity index (χ1n) is 33.0. The fraction of sp³-hybridized carbons (Fsp3) is 0.743. The maximum Gasteiger partial charge on any atom is 0.123 e. The predicted octanol–water partition coefficient (Wildman–Crippen LogP) is 23.2. The Morgan fingerprint density at radius 3 is 1.04 bits per heavy atom. The van der Waals surface area contributed by atoms with E-state index in [1.807, 2.05) is 32.0 Å². The van der Waals surface area contributed by atoms with Gasteiger partial charge in [0.2, 0.25) is 0 Å². The van der Waals surface area contributed by atoms with Crippen molar-refractivity contribution in [2.75, 3.05) is 0 Å². The third-order valence-electron chi connectivity index (χ3n) is 20.8. The van der Waals surface area contributed by atoms with Gasteiger partial charge in [-0.15, -0.1) is 0 Å². The Hall–Kier alpha value is -2.92. The van der Waals surface area contributed by atoms with Gasteiger partial charge in [-0.25, -0.2) is 4.39 Å². The van der Waals surface area contributed by atoms with Crippen LogP contribution in [-0.2, 0) is 0 Å². The lowest BCUT2D eigenvalue weighted by atomic mass is 9.51. The summed E-state index contributed by atoms with van der Waals surface area (Å²) in [5, 5.41) is 8.41. The van der Waals surface area contributed by atoms with Crippen LogP contribution in [0.2, 0.25) is 0 Å². The molecule has 0 radical (unpaired) electrons. The summed E-state index contributed by atoms with van der Waals surface area (Å²) in [6, 6.07) is 24.4. The van der Waals surface area contributed by atoms with Crippen molar-refractivity contribution >= 4 is 0 Å². The van der Waals surface area contributed by atoms with Crippen molar-refractivity contribution in [2.24, 2.45) is 82.9 Å². The third kappa shape index (κ3) is 23.8. The predicted molar refractivity (Wildman–Crippen MR) is 329 cm³/mol. The van der Waals surface area contributed by atoms with E-state index in [0.29, 0.717) is 0 Å². The highest BCUT2D eigenvalue weighted by Gasteiger charge is 2.47. The fourth-order valence-corrected chi connectivity index (χ4v) is 16.4. The molecule has 0 unspecified atom stereocenters. The lowest BCUT2D eigenvalue weighted by Gasteiger charge is -2.54. The van der Waals surface area contributed by atoms with Crippen molar-refractivity contribution in [3.8, 4) is 6.07 Å². The summed E-state index contributed by atoms with van der Waals surface area (Å²) in [7, 11) is 0. The molecule has 15 rings (SSSR count). The maximum atomic E-state index is 12.1. The van der Waals surface area contributed by atoms with Gasteiger partial charge in [-0.1, -0.05) is 242 Å². The summed E-state index contributed by atoms with van der Waals surface area (Å²) >= 11 is 0. The molecule has 0 spiro atoms. The van der Waals surface area contributed by atoms with Crippen LogP contribution in [0.1, 0.15) is 268 Å². The van der Waals surface area contributed by atoms with Gasteiger partial charge in [0.15, 0.2) is 0 Å². The Bertz CT molecular complexity index is 1890. The Labute approximate surface area is 471 Å². The first-order chi connectivity index (χ1) is 36.7. The molecule has 0 heterocycles. The molecular weight excluding hydrogens is 922 g/mol. The van der Waals surface area contributed by atoms with Crippen LogP contribution in [0.3, 0.4) is 0 Å². The average molecular weight is 1040 g/mol. The van der Waals surface area contributed by atoms with E-state index in [0.717, 1.165) is 99.5 Å². The molecule has 1 nitrogen and oxygen atoms in total. The highest BCUT2D eigenvalue weighted by Crippen LogP contribution is 2.58. The van der Waals surface area contributed by atoms with Gasteiger partial charge in [-0.05, 0) is 205 Å². The fourth-order valence-electron chi connectivity index (χ4n) is 16.4. The number of aryl methyl sites for hydroxylation is 4. The molecule has 8 bridgehead atoms. The minimum absolute atomic E-state index is 0.171. The molecule has 0 atom stereocenters. The molecule has 3 aromatic carbocycles. The second-order valence-electron chi connectivity index (χ2n) is 27.3. The van der Waals surface area contributed by atoms with Crippen LogP contribution >= 0.6 is 0 Å². The molecule has 0 saturated heterocycles. The second kappa shape index (κ2) is 35.6. The monoisotopic (exact) mass is 1040 g/mol. The number of hydrogen-bond donors (Lipinski definition) is 0. The van der Waals surface area contributed by atoms with Crippen LogP contribution in [0.4, 0.5) is 4.39 Å². The zero-order chi connectivity index (χ0) is 54.7. The molecule has 0 aromatic heterocycles. The van der Waals surface area contributed by atoms with Gasteiger partial charge < -0.3 is 0 Å². The molecule has 12 saturated carbocycles. The van der Waals surface area contributed by atoms with Gasteiger partial charge in [0, 0.05) is 0 Å². The zero-order valence-electron chi connectivity index (χ0n) is 51.3. The van der Waals surface area contributed by atoms with Crippen LogP contribution in [0.5, 0.6) is 0 Å². The number of benzene rings is 3. The molecule has 426 valence electrons. The second-order valence-corrected chi connectivity index (χ2v) is 27.3. The topological polar surface area (TPSA) is 23.8 Å². The summed E-state index contributed by atoms with van der Waals surface area (Å²) in [6.07, 6.45) is 47.2. The van der Waals surface area contributed by atoms with Crippen molar-refractivity contribution in [1.29, 1.82) is 5.26 Å². The zero-order valence-corrected chi connectivity index (χ0v) is 51.3. The van der Waals surface area contributed by atoms with E-state index < -0.39 is 0 Å². The molecule has 0 aliphatic heterocycles. The van der Waals surface area contributed by atoms with E-state index in [-0.39, 0.29) is 5.82 Å². The van der Waals surface area contributed by atoms with Crippen molar-refractivity contribution in [3.05, 3.63) is 106 Å². The Morgan fingerprint density at radius 2 is 0.763 bits per heavy atom. The molecule has 76 heavy (non-hydrogen) atoms. The average Bonchev–Trinajstić information content (AvgIpc) is 4.15. The minimum Gasteiger partial charge on any atom is -0.207 e. The van der Waals surface area contributed by atoms with Crippen LogP contribution < -0.4 is 0 Å². The lowest BCUT2D eigenvalue weighted by Crippen LogP contribution is -2.44. The van der Waals surface area contributed by atoms with Crippen molar-refractivity contribution in [2.45, 2.75) is 268 Å². The first kappa shape index (κ1) is 63.9. The summed E-state index contributed by atoms with van der Waals surface area (Å²) in [5.41, 5.74) is 5.63. The number of halogens is 1. The van der Waals surface area contributed by atoms with Crippen LogP contribution in [0.25, 0.3) is 0 Å². The molecule has 0 amide bonds. The quantitative estimate of drug-likeness (QED) is 0.256. The maximum absolute atomic E-state index is 12.1. The van der Waals surface area contributed by atoms with Crippen molar-refractivity contribution < 1.29 is 4.39 Å². The lowest BCUT2D eigenvalue weighted by molar-refractivity contribution is -0.0376. The molecule has 12 aliphatic carbocycles. The molecule has 12 aliphatic rings. The van der Waals surface area contributed by atoms with Gasteiger partial charge in [0.05, 0.1) is 11.6 Å². The van der Waals surface area contributed by atoms with E-state index >= 15 is 0 Å². The SMILES string of the molecule is CC1C2CC3CC(C2)CC1C3.CC1CCCC1.CC1CCCCC1.CCC1C2CC3CC(C2)CC1C3.CCC1CCCC1.CCC1CCCCC1.Cc1ccc(F)cc1.Cc1cccc(C#N)c1.Cc1cccc(C)c1. The highest BCUT2D eigenvalue weighted by molar-refractivity contribution is 5.31. The van der Waals surface area contributed by atoms with E-state index in [9.17, 15) is 4.39 Å². The molecule has 3 aromatic rings. The van der Waals surface area contributed by atoms with Gasteiger partial charge in [-0.2, -0.15) is 5.26 Å². The summed E-state index contributed by atoms with van der Waals surface area (Å²) < 4.78 is 12.1. The van der Waals surface area contributed by atoms with E-state index in [1.54, 1.807) is 82.4 Å². The van der Waals surface area contributed by atoms with E-state index in [2.05, 4.69) is 85.7 Å². The summed E-state index contributed by atoms with van der Waals surface area (Å²) in [6.45, 7) is 22.3. The first-order valence-corrected chi connectivity index (χ1v) is 33.0. The van der Waals surface area contributed by atoms with Gasteiger partial charge >= 0.3 is 0 Å². The van der Waals surface area contributed by atoms with Gasteiger partial charge in [0.25, 0.3) is 0 Å². The van der Waals surface area contributed by atoms with E-state index in [1.165, 1.54) is 158 Å². The van der Waals surface area contributed by atoms with Gasteiger partial charge in [-0.3, -0.25) is 0 Å². The van der Waals surface area contributed by atoms with Crippen LogP contribution in [-0.4, -0.2) is 0 Å². The summed E-state index contributed by atoms with van der Waals surface area (Å²) in [5.74, 6) is 15.6. The van der Waals surface area contributed by atoms with Crippen molar-refractivity contribution in [1.82, 2.24) is 0 Å². The van der Waals surface area contributed by atoms with Crippen LogP contribution in [0, 0.1) is 128 Å². The van der Waals surface area contributed by atoms with E-state index in [4.69, 9.17) is 5.26 Å². The highest BCUT2D eigenvalue weighted by atomic mass is 19.1. The largest absolute Gasteiger partial charge is 0.207 e. The number of hydrogen-bond acceptors (Lipinski definition) is 1. The Kier molecular flexibility index (Phi) is 30.0. The van der Waals surface area contributed by atoms with Gasteiger partial charge in [0.1, 0.15) is 5.82 Å². The normalized spacial score (nSPS) is 29.6. The molecular formula is C74H118FN. The van der Waals surface area contributed by atoms with Crippen molar-refractivity contribution in [3.63, 3.8) is 0 Å². The van der Waals surface area contributed by atoms with Crippen LogP contribution in [0.15, 0.2) is 72.8 Å². The molecule has 0 N–H and O–H groups in total. The summed E-state index contributed by atoms with van der Waals surface area (Å²) in [4.78, 5) is 0. The number of nitrogens with zero attached hydrogens (tertiary/aromatic N) is 1. The molecule has 12 fully saturated rings.